The van der Waals surface area contributed by atoms with Gasteiger partial charge in [-0.2, -0.15) is 0 Å². The highest BCUT2D eigenvalue weighted by molar-refractivity contribution is 5.19. The number of ether oxygens (including phenoxy) is 3. The summed E-state index contributed by atoms with van der Waals surface area (Å²) in [7, 11) is 0. The van der Waals surface area contributed by atoms with Crippen LogP contribution in [0.5, 0.6) is 0 Å². The van der Waals surface area contributed by atoms with Crippen molar-refractivity contribution >= 4 is 0 Å². The number of hydrogen-bond acceptors (Lipinski definition) is 4. The van der Waals surface area contributed by atoms with Crippen molar-refractivity contribution < 1.29 is 14.2 Å². The first-order valence-corrected chi connectivity index (χ1v) is 14.1. The van der Waals surface area contributed by atoms with E-state index in [4.69, 9.17) is 14.2 Å². The summed E-state index contributed by atoms with van der Waals surface area (Å²) in [5.41, 5.74) is 4.72. The molecule has 1 fully saturated rings. The van der Waals surface area contributed by atoms with Gasteiger partial charge in [-0.3, -0.25) is 4.90 Å². The Kier molecular flexibility index (Phi) is 10.3. The van der Waals surface area contributed by atoms with Gasteiger partial charge in [0.2, 0.25) is 0 Å². The van der Waals surface area contributed by atoms with E-state index in [9.17, 15) is 0 Å². The van der Waals surface area contributed by atoms with Crippen molar-refractivity contribution in [3.05, 3.63) is 156 Å². The zero-order valence-corrected chi connectivity index (χ0v) is 23.1. The molecule has 4 heteroatoms. The Morgan fingerprint density at radius 3 is 1.45 bits per heavy atom. The van der Waals surface area contributed by atoms with Crippen LogP contribution in [-0.2, 0) is 40.6 Å². The first-order chi connectivity index (χ1) is 19.8. The standard InChI is InChI=1S/C36H39NO3/c1-2-15-33-35(39-26-31-20-11-5-12-21-31)36(40-27-32-22-13-6-14-23-32)34(28-38-25-30-18-9-4-10-19-30)37(33)24-29-16-7-3-8-17-29/h2-14,16-23,33-36H,1,15,24-28H2/t33-,34-,35-,36-/m1/s1. The fraction of sp³-hybridized carbons (Fsp3) is 0.278. The molecule has 0 unspecified atom stereocenters. The Balaban J connectivity index is 1.43. The van der Waals surface area contributed by atoms with Crippen molar-refractivity contribution in [2.24, 2.45) is 0 Å². The molecule has 4 aromatic carbocycles. The zero-order chi connectivity index (χ0) is 27.4. The van der Waals surface area contributed by atoms with Gasteiger partial charge < -0.3 is 14.2 Å². The van der Waals surface area contributed by atoms with Crippen molar-refractivity contribution in [2.75, 3.05) is 6.61 Å². The van der Waals surface area contributed by atoms with Crippen LogP contribution in [0.3, 0.4) is 0 Å². The van der Waals surface area contributed by atoms with E-state index < -0.39 is 0 Å². The molecule has 1 heterocycles. The summed E-state index contributed by atoms with van der Waals surface area (Å²) in [6.45, 7) is 7.05. The van der Waals surface area contributed by atoms with Gasteiger partial charge in [0.1, 0.15) is 12.2 Å². The maximum atomic E-state index is 6.77. The molecule has 206 valence electrons. The molecule has 0 radical (unpaired) electrons. The van der Waals surface area contributed by atoms with Gasteiger partial charge in [0.25, 0.3) is 0 Å². The fourth-order valence-electron chi connectivity index (χ4n) is 5.54. The molecule has 0 saturated carbocycles. The highest BCUT2D eigenvalue weighted by Crippen LogP contribution is 2.35. The van der Waals surface area contributed by atoms with Crippen LogP contribution < -0.4 is 0 Å². The fourth-order valence-corrected chi connectivity index (χ4v) is 5.54. The third kappa shape index (κ3) is 7.56. The third-order valence-corrected chi connectivity index (χ3v) is 7.52. The molecule has 0 spiro atoms. The molecule has 0 bridgehead atoms. The molecule has 4 aromatic rings. The highest BCUT2D eigenvalue weighted by Gasteiger charge is 2.50. The van der Waals surface area contributed by atoms with Gasteiger partial charge in [0.15, 0.2) is 0 Å². The van der Waals surface area contributed by atoms with Crippen LogP contribution in [-0.4, -0.2) is 35.8 Å². The van der Waals surface area contributed by atoms with Crippen molar-refractivity contribution in [1.82, 2.24) is 4.90 Å². The van der Waals surface area contributed by atoms with Crippen LogP contribution in [0.2, 0.25) is 0 Å². The lowest BCUT2D eigenvalue weighted by atomic mass is 10.0. The molecule has 1 aliphatic rings. The van der Waals surface area contributed by atoms with E-state index in [0.29, 0.717) is 26.4 Å². The summed E-state index contributed by atoms with van der Waals surface area (Å²) >= 11 is 0. The van der Waals surface area contributed by atoms with E-state index in [0.717, 1.165) is 29.7 Å². The van der Waals surface area contributed by atoms with Crippen LogP contribution in [0.4, 0.5) is 0 Å². The van der Waals surface area contributed by atoms with Gasteiger partial charge in [0, 0.05) is 12.6 Å². The minimum Gasteiger partial charge on any atom is -0.375 e. The largest absolute Gasteiger partial charge is 0.375 e. The SMILES string of the molecule is C=CC[C@@H]1[C@@H](OCc2ccccc2)[C@H](OCc2ccccc2)[C@@H](COCc2ccccc2)N1Cc1ccccc1. The molecule has 40 heavy (non-hydrogen) atoms. The molecular formula is C36H39NO3. The van der Waals surface area contributed by atoms with E-state index in [1.165, 1.54) is 5.56 Å². The number of likely N-dealkylation sites (tertiary alicyclic amines) is 1. The predicted molar refractivity (Wildman–Crippen MR) is 161 cm³/mol. The monoisotopic (exact) mass is 533 g/mol. The number of nitrogens with zero attached hydrogens (tertiary/aromatic N) is 1. The quantitative estimate of drug-likeness (QED) is 0.160. The maximum Gasteiger partial charge on any atom is 0.103 e. The minimum absolute atomic E-state index is 0.0124. The average molecular weight is 534 g/mol. The Morgan fingerprint density at radius 2 is 0.975 bits per heavy atom. The second-order valence-corrected chi connectivity index (χ2v) is 10.3. The second kappa shape index (κ2) is 14.7. The van der Waals surface area contributed by atoms with Crippen LogP contribution >= 0.6 is 0 Å². The van der Waals surface area contributed by atoms with Gasteiger partial charge in [-0.1, -0.05) is 127 Å². The molecule has 4 nitrogen and oxygen atoms in total. The number of rotatable bonds is 14. The van der Waals surface area contributed by atoms with Gasteiger partial charge in [-0.15, -0.1) is 6.58 Å². The molecule has 1 saturated heterocycles. The molecular weight excluding hydrogens is 494 g/mol. The molecule has 0 N–H and O–H groups in total. The summed E-state index contributed by atoms with van der Waals surface area (Å²) in [6, 6.07) is 41.8. The van der Waals surface area contributed by atoms with Crippen LogP contribution in [0, 0.1) is 0 Å². The summed E-state index contributed by atoms with van der Waals surface area (Å²) in [4.78, 5) is 2.52. The van der Waals surface area contributed by atoms with E-state index >= 15 is 0 Å². The lowest BCUT2D eigenvalue weighted by Crippen LogP contribution is -2.42. The number of benzene rings is 4. The Morgan fingerprint density at radius 1 is 0.550 bits per heavy atom. The zero-order valence-electron chi connectivity index (χ0n) is 23.1. The van der Waals surface area contributed by atoms with Gasteiger partial charge in [-0.25, -0.2) is 0 Å². The normalized spacial score (nSPS) is 20.9. The lowest BCUT2D eigenvalue weighted by Gasteiger charge is -2.31. The summed E-state index contributed by atoms with van der Waals surface area (Å²) in [5.74, 6) is 0. The minimum atomic E-state index is -0.173. The Labute approximate surface area is 238 Å². The second-order valence-electron chi connectivity index (χ2n) is 10.3. The van der Waals surface area contributed by atoms with E-state index in [1.54, 1.807) is 0 Å². The summed E-state index contributed by atoms with van der Waals surface area (Å²) in [6.07, 6.45) is 2.49. The van der Waals surface area contributed by atoms with Crippen molar-refractivity contribution in [2.45, 2.75) is 57.1 Å². The van der Waals surface area contributed by atoms with Crippen LogP contribution in [0.25, 0.3) is 0 Å². The maximum absolute atomic E-state index is 6.77. The molecule has 0 aliphatic carbocycles. The van der Waals surface area contributed by atoms with Gasteiger partial charge in [0.05, 0.1) is 32.5 Å². The molecule has 1 aliphatic heterocycles. The van der Waals surface area contributed by atoms with E-state index in [1.807, 2.05) is 24.3 Å². The molecule has 0 aromatic heterocycles. The lowest BCUT2D eigenvalue weighted by molar-refractivity contribution is -0.0863. The van der Waals surface area contributed by atoms with Gasteiger partial charge in [-0.05, 0) is 28.7 Å². The van der Waals surface area contributed by atoms with Gasteiger partial charge >= 0.3 is 0 Å². The van der Waals surface area contributed by atoms with E-state index in [-0.39, 0.29) is 24.3 Å². The van der Waals surface area contributed by atoms with Crippen LogP contribution in [0.15, 0.2) is 134 Å². The van der Waals surface area contributed by atoms with E-state index in [2.05, 4.69) is 115 Å². The molecule has 5 rings (SSSR count). The van der Waals surface area contributed by atoms with Crippen LogP contribution in [0.1, 0.15) is 28.7 Å². The van der Waals surface area contributed by atoms with Crippen molar-refractivity contribution in [3.63, 3.8) is 0 Å². The number of hydrogen-bond donors (Lipinski definition) is 0. The summed E-state index contributed by atoms with van der Waals surface area (Å²) < 4.78 is 19.9. The predicted octanol–water partition coefficient (Wildman–Crippen LogP) is 7.20. The summed E-state index contributed by atoms with van der Waals surface area (Å²) in [5, 5.41) is 0. The topological polar surface area (TPSA) is 30.9 Å². The molecule has 4 atom stereocenters. The smallest absolute Gasteiger partial charge is 0.103 e. The Hall–Kier alpha value is -3.54. The highest BCUT2D eigenvalue weighted by atomic mass is 16.5. The third-order valence-electron chi connectivity index (χ3n) is 7.52. The first-order valence-electron chi connectivity index (χ1n) is 14.1. The first kappa shape index (κ1) is 28.0. The van der Waals surface area contributed by atoms with Crippen molar-refractivity contribution in [3.8, 4) is 0 Å². The Bertz CT molecular complexity index is 1270. The average Bonchev–Trinajstić information content (AvgIpc) is 3.28. The van der Waals surface area contributed by atoms with Crippen molar-refractivity contribution in [1.29, 1.82) is 0 Å². The molecule has 0 amide bonds.